The Bertz CT molecular complexity index is 598. The molecule has 6 nitrogen and oxygen atoms in total. The summed E-state index contributed by atoms with van der Waals surface area (Å²) in [5.41, 5.74) is -0.520. The summed E-state index contributed by atoms with van der Waals surface area (Å²) in [7, 11) is -2.46. The van der Waals surface area contributed by atoms with E-state index in [1.165, 1.54) is 0 Å². The molecule has 0 fully saturated rings. The first-order chi connectivity index (χ1) is 12.8. The molecule has 0 aliphatic carbocycles. The van der Waals surface area contributed by atoms with E-state index in [0.717, 1.165) is 5.19 Å². The molecule has 1 rings (SSSR count). The molecule has 0 aliphatic rings. The molecule has 0 amide bonds. The van der Waals surface area contributed by atoms with E-state index >= 15 is 0 Å². The average molecular weight is 395 g/mol. The van der Waals surface area contributed by atoms with Crippen LogP contribution in [0.1, 0.15) is 27.2 Å². The first-order valence-electron chi connectivity index (χ1n) is 9.32. The third kappa shape index (κ3) is 5.66. The van der Waals surface area contributed by atoms with Crippen LogP contribution in [0.5, 0.6) is 0 Å². The normalized spacial score (nSPS) is 13.6. The Kier molecular flexibility index (Phi) is 9.21. The Morgan fingerprint density at radius 1 is 1.00 bits per heavy atom. The van der Waals surface area contributed by atoms with Gasteiger partial charge in [-0.05, 0) is 20.3 Å². The van der Waals surface area contributed by atoms with Gasteiger partial charge in [-0.15, -0.1) is 0 Å². The third-order valence-corrected chi connectivity index (χ3v) is 9.02. The summed E-state index contributed by atoms with van der Waals surface area (Å²) in [6, 6.07) is 9.73. The van der Waals surface area contributed by atoms with E-state index in [1.54, 1.807) is 13.8 Å². The molecule has 0 aromatic heterocycles. The summed E-state index contributed by atoms with van der Waals surface area (Å²) in [4.78, 5) is 36.6. The molecule has 0 saturated carbocycles. The van der Waals surface area contributed by atoms with Crippen molar-refractivity contribution >= 4 is 31.7 Å². The van der Waals surface area contributed by atoms with Crippen LogP contribution in [0.25, 0.3) is 0 Å². The minimum Gasteiger partial charge on any atom is -0.465 e. The summed E-state index contributed by atoms with van der Waals surface area (Å²) >= 11 is 0. The molecule has 0 radical (unpaired) electrons. The molecule has 1 aromatic carbocycles. The number of hydrogen-bond donors (Lipinski definition) is 0. The van der Waals surface area contributed by atoms with Crippen LogP contribution < -0.4 is 5.19 Å². The highest BCUT2D eigenvalue weighted by molar-refractivity contribution is 6.91. The topological polar surface area (TPSA) is 78.9 Å². The van der Waals surface area contributed by atoms with E-state index in [-0.39, 0.29) is 13.2 Å². The van der Waals surface area contributed by atoms with Crippen molar-refractivity contribution in [2.45, 2.75) is 51.9 Å². The first kappa shape index (κ1) is 22.9. The molecule has 1 aromatic rings. The van der Waals surface area contributed by atoms with E-state index in [0.29, 0.717) is 12.9 Å². The zero-order valence-corrected chi connectivity index (χ0v) is 17.8. The zero-order valence-electron chi connectivity index (χ0n) is 16.8. The van der Waals surface area contributed by atoms with Crippen molar-refractivity contribution in [2.24, 2.45) is 5.92 Å². The van der Waals surface area contributed by atoms with Crippen molar-refractivity contribution in [2.75, 3.05) is 13.2 Å². The quantitative estimate of drug-likeness (QED) is 0.189. The fourth-order valence-corrected chi connectivity index (χ4v) is 7.30. The monoisotopic (exact) mass is 394 g/mol. The summed E-state index contributed by atoms with van der Waals surface area (Å²) in [5.74, 6) is -2.41. The maximum Gasteiger partial charge on any atom is 0.320 e. The fraction of sp³-hybridized carbons (Fsp3) is 0.550. The Hall–Kier alpha value is -2.15. The van der Waals surface area contributed by atoms with Gasteiger partial charge in [0.1, 0.15) is 6.10 Å². The van der Waals surface area contributed by atoms with Crippen LogP contribution in [-0.4, -0.2) is 45.8 Å². The molecule has 0 N–H and O–H groups in total. The standard InChI is InChI=1S/C20H30O6Si/c1-6-16(26-14-21)18(27(4,5)15-12-10-9-11-13-15)17(19(22)24-7-2)20(23)25-8-3/h9-14,16-18H,6-8H2,1-5H3/t16-,18-/m0/s1. The molecule has 27 heavy (non-hydrogen) atoms. The Balaban J connectivity index is 3.53. The van der Waals surface area contributed by atoms with Gasteiger partial charge in [0, 0.05) is 5.54 Å². The second kappa shape index (κ2) is 10.9. The van der Waals surface area contributed by atoms with E-state index in [2.05, 4.69) is 13.1 Å². The van der Waals surface area contributed by atoms with Gasteiger partial charge in [0.05, 0.1) is 21.3 Å². The number of ether oxygens (including phenoxy) is 3. The lowest BCUT2D eigenvalue weighted by molar-refractivity contribution is -0.164. The van der Waals surface area contributed by atoms with E-state index < -0.39 is 37.6 Å². The molecule has 0 aliphatic heterocycles. The molecule has 2 atom stereocenters. The smallest absolute Gasteiger partial charge is 0.320 e. The molecular weight excluding hydrogens is 364 g/mol. The minimum absolute atomic E-state index is 0.153. The number of carbonyl (C=O) groups is 3. The lowest BCUT2D eigenvalue weighted by Gasteiger charge is -2.40. The maximum absolute atomic E-state index is 12.8. The van der Waals surface area contributed by atoms with Crippen molar-refractivity contribution in [1.29, 1.82) is 0 Å². The highest BCUT2D eigenvalue weighted by Crippen LogP contribution is 2.38. The van der Waals surface area contributed by atoms with E-state index in [4.69, 9.17) is 14.2 Å². The highest BCUT2D eigenvalue weighted by atomic mass is 28.3. The third-order valence-electron chi connectivity index (χ3n) is 4.82. The molecule has 7 heteroatoms. The lowest BCUT2D eigenvalue weighted by Crippen LogP contribution is -2.56. The SMILES string of the molecule is CCOC(=O)C(C(=O)OCC)[C@H]([C@H](CC)OC=O)[Si](C)(C)c1ccccc1. The van der Waals surface area contributed by atoms with Crippen LogP contribution in [-0.2, 0) is 28.6 Å². The Labute approximate surface area is 162 Å². The van der Waals surface area contributed by atoms with E-state index in [9.17, 15) is 14.4 Å². The second-order valence-electron chi connectivity index (χ2n) is 6.77. The second-order valence-corrected chi connectivity index (χ2v) is 11.5. The average Bonchev–Trinajstić information content (AvgIpc) is 2.65. The fourth-order valence-electron chi connectivity index (χ4n) is 3.52. The van der Waals surface area contributed by atoms with Crippen LogP contribution in [0.4, 0.5) is 0 Å². The molecule has 0 bridgehead atoms. The number of esters is 2. The molecule has 150 valence electrons. The predicted molar refractivity (Wildman–Crippen MR) is 105 cm³/mol. The molecule has 0 heterocycles. The van der Waals surface area contributed by atoms with E-state index in [1.807, 2.05) is 37.3 Å². The van der Waals surface area contributed by atoms with Crippen molar-refractivity contribution in [1.82, 2.24) is 0 Å². The lowest BCUT2D eigenvalue weighted by atomic mass is 9.99. The Morgan fingerprint density at radius 2 is 1.52 bits per heavy atom. The predicted octanol–water partition coefficient (Wildman–Crippen LogP) is 2.67. The maximum atomic E-state index is 12.8. The van der Waals surface area contributed by atoms with Gasteiger partial charge >= 0.3 is 11.9 Å². The summed E-state index contributed by atoms with van der Waals surface area (Å²) in [5, 5.41) is 1.06. The number of carbonyl (C=O) groups excluding carboxylic acids is 3. The van der Waals surface area contributed by atoms with Gasteiger partial charge < -0.3 is 14.2 Å². The molecule has 0 unspecified atom stereocenters. The van der Waals surface area contributed by atoms with Gasteiger partial charge in [-0.1, -0.05) is 55.5 Å². The first-order valence-corrected chi connectivity index (χ1v) is 12.4. The van der Waals surface area contributed by atoms with Crippen molar-refractivity contribution in [3.8, 4) is 0 Å². The summed E-state index contributed by atoms with van der Waals surface area (Å²) in [6.45, 7) is 10.1. The number of benzene rings is 1. The van der Waals surface area contributed by atoms with Gasteiger partial charge in [0.2, 0.25) is 0 Å². The number of rotatable bonds is 11. The van der Waals surface area contributed by atoms with Crippen molar-refractivity contribution in [3.63, 3.8) is 0 Å². The highest BCUT2D eigenvalue weighted by Gasteiger charge is 2.51. The molecular formula is C20H30O6Si. The van der Waals surface area contributed by atoms with Gasteiger partial charge in [-0.3, -0.25) is 14.4 Å². The largest absolute Gasteiger partial charge is 0.465 e. The molecule has 0 spiro atoms. The van der Waals surface area contributed by atoms with Gasteiger partial charge in [0.15, 0.2) is 5.92 Å². The van der Waals surface area contributed by atoms with Gasteiger partial charge in [-0.25, -0.2) is 0 Å². The van der Waals surface area contributed by atoms with Gasteiger partial charge in [-0.2, -0.15) is 0 Å². The van der Waals surface area contributed by atoms with Crippen LogP contribution in [0.15, 0.2) is 30.3 Å². The van der Waals surface area contributed by atoms with Crippen LogP contribution in [0.3, 0.4) is 0 Å². The van der Waals surface area contributed by atoms with Crippen LogP contribution in [0.2, 0.25) is 18.6 Å². The van der Waals surface area contributed by atoms with Crippen LogP contribution in [0, 0.1) is 5.92 Å². The van der Waals surface area contributed by atoms with Gasteiger partial charge in [0.25, 0.3) is 6.47 Å². The Morgan fingerprint density at radius 3 is 1.93 bits per heavy atom. The molecule has 0 saturated heterocycles. The summed E-state index contributed by atoms with van der Waals surface area (Å²) in [6.07, 6.45) is -0.120. The van der Waals surface area contributed by atoms with Crippen molar-refractivity contribution < 1.29 is 28.6 Å². The minimum atomic E-state index is -2.46. The van der Waals surface area contributed by atoms with Crippen molar-refractivity contribution in [3.05, 3.63) is 30.3 Å². The summed E-state index contributed by atoms with van der Waals surface area (Å²) < 4.78 is 15.7. The van der Waals surface area contributed by atoms with Crippen LogP contribution >= 0.6 is 0 Å². The number of hydrogen-bond acceptors (Lipinski definition) is 6. The zero-order chi connectivity index (χ0) is 20.4.